The molecule has 3 rings (SSSR count). The molecular weight excluding hydrogens is 410 g/mol. The van der Waals surface area contributed by atoms with Crippen LogP contribution < -0.4 is 5.32 Å². The summed E-state index contributed by atoms with van der Waals surface area (Å²) >= 11 is 5.95. The highest BCUT2D eigenvalue weighted by Crippen LogP contribution is 2.22. The van der Waals surface area contributed by atoms with Crippen LogP contribution in [-0.4, -0.2) is 56.3 Å². The SMILES string of the molecule is Cc1ccc(S(=O)(=O)N2CCN(CC(=O)NCc3cccc(Cl)c3)CC2)c(C)c1. The largest absolute Gasteiger partial charge is 0.351 e. The molecule has 1 aliphatic heterocycles. The van der Waals surface area contributed by atoms with E-state index < -0.39 is 10.0 Å². The highest BCUT2D eigenvalue weighted by molar-refractivity contribution is 7.89. The minimum Gasteiger partial charge on any atom is -0.351 e. The third kappa shape index (κ3) is 5.57. The molecule has 0 bridgehead atoms. The Labute approximate surface area is 177 Å². The molecule has 1 heterocycles. The van der Waals surface area contributed by atoms with Gasteiger partial charge >= 0.3 is 0 Å². The fraction of sp³-hybridized carbons (Fsp3) is 0.381. The van der Waals surface area contributed by atoms with Gasteiger partial charge in [0.15, 0.2) is 0 Å². The third-order valence-corrected chi connectivity index (χ3v) is 7.32. The van der Waals surface area contributed by atoms with Crippen LogP contribution in [0.15, 0.2) is 47.4 Å². The Morgan fingerprint density at radius 3 is 2.45 bits per heavy atom. The predicted octanol–water partition coefficient (Wildman–Crippen LogP) is 2.58. The van der Waals surface area contributed by atoms with Gasteiger partial charge in [-0.25, -0.2) is 8.42 Å². The number of rotatable bonds is 6. The first-order valence-electron chi connectivity index (χ1n) is 9.56. The van der Waals surface area contributed by atoms with Crippen molar-refractivity contribution in [2.45, 2.75) is 25.3 Å². The van der Waals surface area contributed by atoms with Crippen molar-refractivity contribution >= 4 is 27.5 Å². The lowest BCUT2D eigenvalue weighted by Gasteiger charge is -2.33. The number of aryl methyl sites for hydroxylation is 2. The van der Waals surface area contributed by atoms with Crippen molar-refractivity contribution in [3.8, 4) is 0 Å². The number of nitrogens with zero attached hydrogens (tertiary/aromatic N) is 2. The summed E-state index contributed by atoms with van der Waals surface area (Å²) in [5, 5.41) is 3.52. The van der Waals surface area contributed by atoms with E-state index in [-0.39, 0.29) is 12.5 Å². The normalized spacial score (nSPS) is 16.0. The second-order valence-corrected chi connectivity index (χ2v) is 9.70. The maximum absolute atomic E-state index is 13.0. The Kier molecular flexibility index (Phi) is 6.95. The number of carbonyl (C=O) groups excluding carboxylic acids is 1. The summed E-state index contributed by atoms with van der Waals surface area (Å²) in [6.45, 7) is 6.22. The maximum atomic E-state index is 13.0. The molecule has 1 amide bonds. The van der Waals surface area contributed by atoms with E-state index in [2.05, 4.69) is 5.32 Å². The van der Waals surface area contributed by atoms with E-state index in [1.54, 1.807) is 12.1 Å². The Bertz CT molecular complexity index is 986. The molecule has 0 aliphatic carbocycles. The quantitative estimate of drug-likeness (QED) is 0.757. The summed E-state index contributed by atoms with van der Waals surface area (Å²) in [5.74, 6) is -0.0874. The van der Waals surface area contributed by atoms with Crippen LogP contribution in [0.4, 0.5) is 0 Å². The van der Waals surface area contributed by atoms with E-state index in [0.717, 1.165) is 16.7 Å². The molecule has 1 fully saturated rings. The molecule has 0 unspecified atom stereocenters. The summed E-state index contributed by atoms with van der Waals surface area (Å²) < 4.78 is 27.4. The molecule has 1 aliphatic rings. The molecule has 0 aromatic heterocycles. The summed E-state index contributed by atoms with van der Waals surface area (Å²) in [6, 6.07) is 12.7. The molecule has 0 atom stereocenters. The first kappa shape index (κ1) is 21.8. The number of piperazine rings is 1. The summed E-state index contributed by atoms with van der Waals surface area (Å²) in [6.07, 6.45) is 0. The monoisotopic (exact) mass is 435 g/mol. The Balaban J connectivity index is 1.51. The average molecular weight is 436 g/mol. The zero-order valence-electron chi connectivity index (χ0n) is 16.7. The van der Waals surface area contributed by atoms with Crippen LogP contribution in [0.5, 0.6) is 0 Å². The van der Waals surface area contributed by atoms with Gasteiger partial charge in [0.05, 0.1) is 11.4 Å². The Morgan fingerprint density at radius 1 is 1.07 bits per heavy atom. The molecular formula is C21H26ClN3O3S. The molecule has 0 spiro atoms. The molecule has 0 radical (unpaired) electrons. The second kappa shape index (κ2) is 9.26. The third-order valence-electron chi connectivity index (χ3n) is 5.03. The summed E-state index contributed by atoms with van der Waals surface area (Å²) in [7, 11) is -3.52. The molecule has 0 saturated carbocycles. The van der Waals surface area contributed by atoms with Crippen LogP contribution in [-0.2, 0) is 21.4 Å². The van der Waals surface area contributed by atoms with Crippen LogP contribution in [0.1, 0.15) is 16.7 Å². The predicted molar refractivity (Wildman–Crippen MR) is 114 cm³/mol. The fourth-order valence-electron chi connectivity index (χ4n) is 3.46. The summed E-state index contributed by atoms with van der Waals surface area (Å²) in [4.78, 5) is 14.6. The minimum atomic E-state index is -3.52. The van der Waals surface area contributed by atoms with Crippen molar-refractivity contribution < 1.29 is 13.2 Å². The molecule has 1 N–H and O–H groups in total. The van der Waals surface area contributed by atoms with Gasteiger partial charge in [-0.1, -0.05) is 41.4 Å². The highest BCUT2D eigenvalue weighted by atomic mass is 35.5. The van der Waals surface area contributed by atoms with Gasteiger partial charge < -0.3 is 5.32 Å². The molecule has 6 nitrogen and oxygen atoms in total. The molecule has 29 heavy (non-hydrogen) atoms. The van der Waals surface area contributed by atoms with E-state index in [9.17, 15) is 13.2 Å². The van der Waals surface area contributed by atoms with Gasteiger partial charge in [-0.2, -0.15) is 4.31 Å². The van der Waals surface area contributed by atoms with Crippen LogP contribution in [0, 0.1) is 13.8 Å². The topological polar surface area (TPSA) is 69.7 Å². The van der Waals surface area contributed by atoms with Crippen LogP contribution in [0.3, 0.4) is 0 Å². The van der Waals surface area contributed by atoms with Gasteiger partial charge in [0.25, 0.3) is 0 Å². The highest BCUT2D eigenvalue weighted by Gasteiger charge is 2.30. The Hall–Kier alpha value is -1.93. The van der Waals surface area contributed by atoms with E-state index in [0.29, 0.717) is 42.6 Å². The molecule has 8 heteroatoms. The van der Waals surface area contributed by atoms with Gasteiger partial charge in [0.2, 0.25) is 15.9 Å². The number of hydrogen-bond donors (Lipinski definition) is 1. The van der Waals surface area contributed by atoms with Crippen LogP contribution >= 0.6 is 11.6 Å². The fourth-order valence-corrected chi connectivity index (χ4v) is 5.30. The smallest absolute Gasteiger partial charge is 0.243 e. The average Bonchev–Trinajstić information content (AvgIpc) is 2.66. The number of carbonyl (C=O) groups is 1. The number of halogens is 1. The van der Waals surface area contributed by atoms with Crippen molar-refractivity contribution in [3.05, 3.63) is 64.2 Å². The standard InChI is InChI=1S/C21H26ClN3O3S/c1-16-6-7-20(17(2)12-16)29(27,28)25-10-8-24(9-11-25)15-21(26)23-14-18-4-3-5-19(22)13-18/h3-7,12-13H,8-11,14-15H2,1-2H3,(H,23,26). The number of benzene rings is 2. The number of hydrogen-bond acceptors (Lipinski definition) is 4. The van der Waals surface area contributed by atoms with Gasteiger partial charge in [-0.15, -0.1) is 0 Å². The first-order valence-corrected chi connectivity index (χ1v) is 11.4. The van der Waals surface area contributed by atoms with Crippen molar-refractivity contribution in [2.24, 2.45) is 0 Å². The molecule has 2 aromatic carbocycles. The molecule has 2 aromatic rings. The van der Waals surface area contributed by atoms with Crippen molar-refractivity contribution in [1.29, 1.82) is 0 Å². The molecule has 156 valence electrons. The lowest BCUT2D eigenvalue weighted by atomic mass is 10.2. The van der Waals surface area contributed by atoms with E-state index in [1.165, 1.54) is 4.31 Å². The zero-order chi connectivity index (χ0) is 21.0. The maximum Gasteiger partial charge on any atom is 0.243 e. The lowest BCUT2D eigenvalue weighted by molar-refractivity contribution is -0.122. The second-order valence-electron chi connectivity index (χ2n) is 7.36. The first-order chi connectivity index (χ1) is 13.8. The number of amides is 1. The van der Waals surface area contributed by atoms with Gasteiger partial charge in [-0.05, 0) is 43.2 Å². The van der Waals surface area contributed by atoms with Crippen molar-refractivity contribution in [3.63, 3.8) is 0 Å². The van der Waals surface area contributed by atoms with E-state index >= 15 is 0 Å². The van der Waals surface area contributed by atoms with Crippen LogP contribution in [0.25, 0.3) is 0 Å². The van der Waals surface area contributed by atoms with Crippen LogP contribution in [0.2, 0.25) is 5.02 Å². The lowest BCUT2D eigenvalue weighted by Crippen LogP contribution is -2.51. The minimum absolute atomic E-state index is 0.0874. The van der Waals surface area contributed by atoms with Gasteiger partial charge in [0, 0.05) is 37.7 Å². The van der Waals surface area contributed by atoms with E-state index in [1.807, 2.05) is 49.1 Å². The van der Waals surface area contributed by atoms with E-state index in [4.69, 9.17) is 11.6 Å². The summed E-state index contributed by atoms with van der Waals surface area (Å²) in [5.41, 5.74) is 2.73. The van der Waals surface area contributed by atoms with Crippen molar-refractivity contribution in [2.75, 3.05) is 32.7 Å². The molecule has 1 saturated heterocycles. The van der Waals surface area contributed by atoms with Gasteiger partial charge in [0.1, 0.15) is 0 Å². The zero-order valence-corrected chi connectivity index (χ0v) is 18.3. The van der Waals surface area contributed by atoms with Gasteiger partial charge in [-0.3, -0.25) is 9.69 Å². The number of nitrogens with one attached hydrogen (secondary N) is 1. The number of sulfonamides is 1. The van der Waals surface area contributed by atoms with Crippen molar-refractivity contribution in [1.82, 2.24) is 14.5 Å². The Morgan fingerprint density at radius 2 is 1.79 bits per heavy atom.